The van der Waals surface area contributed by atoms with Crippen LogP contribution in [0.25, 0.3) is 33.2 Å². The van der Waals surface area contributed by atoms with E-state index in [0.29, 0.717) is 0 Å². The van der Waals surface area contributed by atoms with Crippen LogP contribution >= 0.6 is 0 Å². The first kappa shape index (κ1) is 14.0. The molecule has 0 spiro atoms. The standard InChI is InChI=1S/C21H19NO/c1-21(2,3)15-9-10-16-17-11-12-22-19(14-7-5-4-6-8-14)20(17)23-18(16)13-15/h4-13H,1-3H3. The van der Waals surface area contributed by atoms with Gasteiger partial charge in [-0.2, -0.15) is 0 Å². The molecule has 0 atom stereocenters. The smallest absolute Gasteiger partial charge is 0.161 e. The molecule has 0 aliphatic rings. The predicted molar refractivity (Wildman–Crippen MR) is 95.7 cm³/mol. The highest BCUT2D eigenvalue weighted by molar-refractivity contribution is 6.08. The highest BCUT2D eigenvalue weighted by Crippen LogP contribution is 2.36. The summed E-state index contributed by atoms with van der Waals surface area (Å²) in [7, 11) is 0. The van der Waals surface area contributed by atoms with E-state index in [4.69, 9.17) is 4.42 Å². The molecule has 0 bridgehead atoms. The number of rotatable bonds is 1. The third kappa shape index (κ3) is 2.31. The van der Waals surface area contributed by atoms with Crippen molar-refractivity contribution in [2.45, 2.75) is 26.2 Å². The topological polar surface area (TPSA) is 26.0 Å². The Morgan fingerprint density at radius 3 is 2.39 bits per heavy atom. The number of aromatic nitrogens is 1. The molecule has 2 heterocycles. The summed E-state index contributed by atoms with van der Waals surface area (Å²) in [6.07, 6.45) is 1.86. The van der Waals surface area contributed by atoms with Crippen molar-refractivity contribution in [2.75, 3.05) is 0 Å². The van der Waals surface area contributed by atoms with Crippen molar-refractivity contribution in [2.24, 2.45) is 0 Å². The fraction of sp³-hybridized carbons (Fsp3) is 0.190. The Balaban J connectivity index is 2.01. The van der Waals surface area contributed by atoms with Gasteiger partial charge in [0.2, 0.25) is 0 Å². The fourth-order valence-corrected chi connectivity index (χ4v) is 2.97. The first-order valence-electron chi connectivity index (χ1n) is 7.91. The first-order chi connectivity index (χ1) is 11.0. The lowest BCUT2D eigenvalue weighted by Gasteiger charge is -2.18. The normalized spacial score (nSPS) is 12.1. The maximum absolute atomic E-state index is 6.21. The van der Waals surface area contributed by atoms with Gasteiger partial charge in [0.25, 0.3) is 0 Å². The summed E-state index contributed by atoms with van der Waals surface area (Å²) in [5.41, 5.74) is 5.15. The summed E-state index contributed by atoms with van der Waals surface area (Å²) >= 11 is 0. The average molecular weight is 301 g/mol. The molecule has 0 N–H and O–H groups in total. The minimum Gasteiger partial charge on any atom is -0.454 e. The van der Waals surface area contributed by atoms with Crippen LogP contribution < -0.4 is 0 Å². The molecule has 0 saturated carbocycles. The van der Waals surface area contributed by atoms with E-state index in [1.54, 1.807) is 0 Å². The van der Waals surface area contributed by atoms with E-state index >= 15 is 0 Å². The van der Waals surface area contributed by atoms with Crippen molar-refractivity contribution in [3.63, 3.8) is 0 Å². The Labute approximate surface area is 135 Å². The lowest BCUT2D eigenvalue weighted by molar-refractivity contribution is 0.587. The van der Waals surface area contributed by atoms with Crippen LogP contribution in [0.2, 0.25) is 0 Å². The van der Waals surface area contributed by atoms with Crippen molar-refractivity contribution < 1.29 is 4.42 Å². The van der Waals surface area contributed by atoms with Gasteiger partial charge in [-0.25, -0.2) is 0 Å². The summed E-state index contributed by atoms with van der Waals surface area (Å²) in [6.45, 7) is 6.65. The number of hydrogen-bond acceptors (Lipinski definition) is 2. The van der Waals surface area contributed by atoms with Crippen LogP contribution in [0.4, 0.5) is 0 Å². The first-order valence-corrected chi connectivity index (χ1v) is 7.91. The van der Waals surface area contributed by atoms with Crippen LogP contribution in [0.15, 0.2) is 65.2 Å². The van der Waals surface area contributed by atoms with E-state index in [1.807, 2.05) is 30.5 Å². The van der Waals surface area contributed by atoms with Crippen LogP contribution in [-0.4, -0.2) is 4.98 Å². The molecule has 0 fully saturated rings. The Bertz CT molecular complexity index is 991. The molecule has 2 aromatic heterocycles. The summed E-state index contributed by atoms with van der Waals surface area (Å²) in [5.74, 6) is 0. The van der Waals surface area contributed by atoms with Crippen LogP contribution in [0, 0.1) is 0 Å². The number of pyridine rings is 1. The van der Waals surface area contributed by atoms with E-state index in [0.717, 1.165) is 33.2 Å². The molecular weight excluding hydrogens is 282 g/mol. The van der Waals surface area contributed by atoms with Gasteiger partial charge in [-0.15, -0.1) is 0 Å². The number of nitrogens with zero attached hydrogens (tertiary/aromatic N) is 1. The number of hydrogen-bond donors (Lipinski definition) is 0. The molecule has 2 heteroatoms. The van der Waals surface area contributed by atoms with Crippen molar-refractivity contribution in [3.05, 3.63) is 66.4 Å². The number of furan rings is 1. The lowest BCUT2D eigenvalue weighted by atomic mass is 9.87. The van der Waals surface area contributed by atoms with Crippen LogP contribution in [0.1, 0.15) is 26.3 Å². The van der Waals surface area contributed by atoms with Gasteiger partial charge >= 0.3 is 0 Å². The highest BCUT2D eigenvalue weighted by Gasteiger charge is 2.17. The largest absolute Gasteiger partial charge is 0.454 e. The van der Waals surface area contributed by atoms with E-state index in [-0.39, 0.29) is 5.41 Å². The van der Waals surface area contributed by atoms with Crippen molar-refractivity contribution in [1.29, 1.82) is 0 Å². The van der Waals surface area contributed by atoms with Crippen LogP contribution in [0.5, 0.6) is 0 Å². The zero-order valence-electron chi connectivity index (χ0n) is 13.6. The minimum absolute atomic E-state index is 0.105. The van der Waals surface area contributed by atoms with Gasteiger partial charge in [0.05, 0.1) is 0 Å². The molecule has 0 unspecified atom stereocenters. The maximum atomic E-state index is 6.21. The third-order valence-electron chi connectivity index (χ3n) is 4.30. The van der Waals surface area contributed by atoms with E-state index in [1.165, 1.54) is 5.56 Å². The van der Waals surface area contributed by atoms with Gasteiger partial charge in [0.1, 0.15) is 11.3 Å². The molecule has 0 radical (unpaired) electrons. The van der Waals surface area contributed by atoms with Crippen molar-refractivity contribution >= 4 is 21.9 Å². The second-order valence-electron chi connectivity index (χ2n) is 6.97. The summed E-state index contributed by atoms with van der Waals surface area (Å²) in [4.78, 5) is 4.55. The molecule has 2 aromatic carbocycles. The van der Waals surface area contributed by atoms with Crippen molar-refractivity contribution in [3.8, 4) is 11.3 Å². The second-order valence-corrected chi connectivity index (χ2v) is 6.97. The molecule has 4 rings (SSSR count). The molecule has 114 valence electrons. The number of fused-ring (bicyclic) bond motifs is 3. The van der Waals surface area contributed by atoms with Crippen LogP contribution in [0.3, 0.4) is 0 Å². The van der Waals surface area contributed by atoms with Crippen LogP contribution in [-0.2, 0) is 5.41 Å². The lowest BCUT2D eigenvalue weighted by Crippen LogP contribution is -2.10. The van der Waals surface area contributed by atoms with E-state index in [2.05, 4.69) is 56.1 Å². The molecule has 23 heavy (non-hydrogen) atoms. The third-order valence-corrected chi connectivity index (χ3v) is 4.30. The summed E-state index contributed by atoms with van der Waals surface area (Å²) in [5, 5.41) is 2.27. The van der Waals surface area contributed by atoms with E-state index in [9.17, 15) is 0 Å². The molecule has 2 nitrogen and oxygen atoms in total. The molecule has 0 aliphatic heterocycles. The van der Waals surface area contributed by atoms with E-state index < -0.39 is 0 Å². The Hall–Kier alpha value is -2.61. The summed E-state index contributed by atoms with van der Waals surface area (Å²) < 4.78 is 6.21. The zero-order valence-corrected chi connectivity index (χ0v) is 13.6. The molecule has 4 aromatic rings. The number of benzene rings is 2. The quantitative estimate of drug-likeness (QED) is 0.434. The average Bonchev–Trinajstić information content (AvgIpc) is 2.92. The van der Waals surface area contributed by atoms with Gasteiger partial charge in [0, 0.05) is 22.5 Å². The van der Waals surface area contributed by atoms with Gasteiger partial charge < -0.3 is 4.42 Å². The second kappa shape index (κ2) is 4.95. The molecule has 0 amide bonds. The zero-order chi connectivity index (χ0) is 16.0. The monoisotopic (exact) mass is 301 g/mol. The Morgan fingerprint density at radius 1 is 0.870 bits per heavy atom. The van der Waals surface area contributed by atoms with Gasteiger partial charge in [-0.05, 0) is 23.1 Å². The van der Waals surface area contributed by atoms with Crippen molar-refractivity contribution in [1.82, 2.24) is 4.98 Å². The Kier molecular flexibility index (Phi) is 3.02. The Morgan fingerprint density at radius 2 is 1.65 bits per heavy atom. The molecule has 0 aliphatic carbocycles. The SMILES string of the molecule is CC(C)(C)c1ccc2c(c1)oc1c(-c3ccccc3)nccc12. The highest BCUT2D eigenvalue weighted by atomic mass is 16.3. The maximum Gasteiger partial charge on any atom is 0.161 e. The molecule has 0 saturated heterocycles. The minimum atomic E-state index is 0.105. The van der Waals surface area contributed by atoms with Gasteiger partial charge in [-0.1, -0.05) is 63.2 Å². The molecular formula is C21H19NO. The fourth-order valence-electron chi connectivity index (χ4n) is 2.97. The van der Waals surface area contributed by atoms with Gasteiger partial charge in [-0.3, -0.25) is 4.98 Å². The van der Waals surface area contributed by atoms with Gasteiger partial charge in [0.15, 0.2) is 5.58 Å². The predicted octanol–water partition coefficient (Wildman–Crippen LogP) is 5.95. The summed E-state index contributed by atoms with van der Waals surface area (Å²) in [6, 6.07) is 18.7.